The average Bonchev–Trinajstić information content (AvgIpc) is 2.06. The second-order valence-corrected chi connectivity index (χ2v) is 3.05. The van der Waals surface area contributed by atoms with Crippen molar-refractivity contribution in [1.82, 2.24) is 4.90 Å². The topological polar surface area (TPSA) is 71.0 Å². The Bertz CT molecular complexity index is 155. The molecular weight excluding hydrogens is 158 g/mol. The van der Waals surface area contributed by atoms with Gasteiger partial charge >= 0.3 is 6.03 Å². The predicted molar refractivity (Wildman–Crippen MR) is 43.8 cm³/mol. The molecule has 1 aliphatic heterocycles. The third-order valence-corrected chi connectivity index (χ3v) is 2.25. The third-order valence-electron chi connectivity index (χ3n) is 2.25. The molecule has 70 valence electrons. The van der Waals surface area contributed by atoms with E-state index in [2.05, 4.69) is 0 Å². The van der Waals surface area contributed by atoms with E-state index >= 15 is 0 Å². The molecule has 0 atom stereocenters. The van der Waals surface area contributed by atoms with Gasteiger partial charge in [-0.05, 0) is 0 Å². The number of nitrogens with zero attached hydrogens (tertiary/aromatic N) is 1. The van der Waals surface area contributed by atoms with Gasteiger partial charge in [0.15, 0.2) is 0 Å². The fourth-order valence-corrected chi connectivity index (χ4v) is 1.45. The van der Waals surface area contributed by atoms with Crippen molar-refractivity contribution in [3.8, 4) is 0 Å². The van der Waals surface area contributed by atoms with Crippen LogP contribution in [0.25, 0.3) is 0 Å². The summed E-state index contributed by atoms with van der Waals surface area (Å²) >= 11 is 0. The monoisotopic (exact) mass is 174 g/mol. The van der Waals surface area contributed by atoms with Crippen LogP contribution in [-0.4, -0.2) is 55.4 Å². The molecule has 0 unspecified atom stereocenters. The Morgan fingerprint density at radius 1 is 1.50 bits per heavy atom. The number of carbonyl (C=O) groups excluding carboxylic acids is 1. The van der Waals surface area contributed by atoms with E-state index < -0.39 is 0 Å². The third kappa shape index (κ3) is 2.35. The maximum Gasteiger partial charge on any atom is 0.315 e. The maximum atomic E-state index is 10.7. The molecule has 1 aliphatic rings. The van der Waals surface area contributed by atoms with E-state index in [1.54, 1.807) is 4.90 Å². The van der Waals surface area contributed by atoms with E-state index in [0.717, 1.165) is 19.6 Å². The fraction of sp³-hybridized carbons (Fsp3) is 0.857. The minimum absolute atomic E-state index is 0.214. The van der Waals surface area contributed by atoms with Crippen LogP contribution < -0.4 is 10.6 Å². The lowest BCUT2D eigenvalue weighted by molar-refractivity contribution is -0.904. The van der Waals surface area contributed by atoms with E-state index in [0.29, 0.717) is 13.1 Å². The number of hydrogen-bond acceptors (Lipinski definition) is 2. The Labute approximate surface area is 71.7 Å². The van der Waals surface area contributed by atoms with Gasteiger partial charge in [0.05, 0.1) is 32.8 Å². The van der Waals surface area contributed by atoms with E-state index in [-0.39, 0.29) is 12.6 Å². The highest BCUT2D eigenvalue weighted by atomic mass is 16.3. The van der Waals surface area contributed by atoms with Crippen LogP contribution in [0.3, 0.4) is 0 Å². The van der Waals surface area contributed by atoms with Crippen molar-refractivity contribution in [3.63, 3.8) is 0 Å². The Morgan fingerprint density at radius 2 is 2.08 bits per heavy atom. The van der Waals surface area contributed by atoms with Crippen molar-refractivity contribution in [2.75, 3.05) is 39.3 Å². The lowest BCUT2D eigenvalue weighted by Crippen LogP contribution is -3.15. The molecule has 0 aliphatic carbocycles. The Morgan fingerprint density at radius 3 is 2.50 bits per heavy atom. The zero-order valence-electron chi connectivity index (χ0n) is 7.12. The van der Waals surface area contributed by atoms with Gasteiger partial charge in [0.25, 0.3) is 0 Å². The van der Waals surface area contributed by atoms with Crippen LogP contribution in [0, 0.1) is 0 Å². The molecule has 0 saturated carbocycles. The summed E-state index contributed by atoms with van der Waals surface area (Å²) in [4.78, 5) is 13.7. The zero-order chi connectivity index (χ0) is 8.97. The number of hydrogen-bond donors (Lipinski definition) is 3. The summed E-state index contributed by atoms with van der Waals surface area (Å²) in [5.74, 6) is 0. The number of piperazine rings is 1. The first-order valence-electron chi connectivity index (χ1n) is 4.23. The predicted octanol–water partition coefficient (Wildman–Crippen LogP) is -2.74. The molecular formula is C7H16N3O2+. The van der Waals surface area contributed by atoms with Crippen LogP contribution >= 0.6 is 0 Å². The highest BCUT2D eigenvalue weighted by molar-refractivity contribution is 5.71. The van der Waals surface area contributed by atoms with Gasteiger partial charge in [-0.1, -0.05) is 0 Å². The molecule has 0 aromatic heterocycles. The number of aliphatic hydroxyl groups is 1. The zero-order valence-corrected chi connectivity index (χ0v) is 7.12. The quantitative estimate of drug-likeness (QED) is 0.425. The number of amides is 2. The van der Waals surface area contributed by atoms with E-state index in [1.807, 2.05) is 0 Å². The molecule has 1 saturated heterocycles. The molecule has 1 rings (SSSR count). The van der Waals surface area contributed by atoms with Crippen LogP contribution in [0.5, 0.6) is 0 Å². The number of nitrogens with two attached hydrogens (primary N) is 1. The van der Waals surface area contributed by atoms with Crippen LogP contribution in [-0.2, 0) is 0 Å². The van der Waals surface area contributed by atoms with Crippen molar-refractivity contribution in [2.24, 2.45) is 5.73 Å². The number of rotatable bonds is 2. The van der Waals surface area contributed by atoms with Gasteiger partial charge in [-0.15, -0.1) is 0 Å². The Hall–Kier alpha value is -0.810. The molecule has 1 fully saturated rings. The van der Waals surface area contributed by atoms with Gasteiger partial charge < -0.3 is 20.6 Å². The smallest absolute Gasteiger partial charge is 0.315 e. The molecule has 0 spiro atoms. The molecule has 0 aromatic carbocycles. The van der Waals surface area contributed by atoms with Gasteiger partial charge in [-0.3, -0.25) is 0 Å². The Balaban J connectivity index is 2.25. The summed E-state index contributed by atoms with van der Waals surface area (Å²) in [6.07, 6.45) is 0. The van der Waals surface area contributed by atoms with Crippen molar-refractivity contribution in [3.05, 3.63) is 0 Å². The van der Waals surface area contributed by atoms with E-state index in [9.17, 15) is 4.79 Å². The molecule has 0 radical (unpaired) electrons. The maximum absolute atomic E-state index is 10.7. The van der Waals surface area contributed by atoms with Crippen molar-refractivity contribution < 1.29 is 14.8 Å². The first-order chi connectivity index (χ1) is 5.74. The van der Waals surface area contributed by atoms with E-state index in [1.165, 1.54) is 4.90 Å². The van der Waals surface area contributed by atoms with Gasteiger partial charge in [0.1, 0.15) is 6.54 Å². The van der Waals surface area contributed by atoms with Gasteiger partial charge in [0, 0.05) is 0 Å². The highest BCUT2D eigenvalue weighted by Crippen LogP contribution is 1.86. The number of urea groups is 1. The molecule has 0 aromatic rings. The van der Waals surface area contributed by atoms with Crippen LogP contribution in [0.1, 0.15) is 0 Å². The molecule has 4 N–H and O–H groups in total. The van der Waals surface area contributed by atoms with Crippen molar-refractivity contribution in [1.29, 1.82) is 0 Å². The molecule has 0 bridgehead atoms. The van der Waals surface area contributed by atoms with Crippen molar-refractivity contribution >= 4 is 6.03 Å². The summed E-state index contributed by atoms with van der Waals surface area (Å²) in [6.45, 7) is 4.20. The fourth-order valence-electron chi connectivity index (χ4n) is 1.45. The first-order valence-corrected chi connectivity index (χ1v) is 4.23. The molecule has 12 heavy (non-hydrogen) atoms. The summed E-state index contributed by atoms with van der Waals surface area (Å²) in [5.41, 5.74) is 5.11. The van der Waals surface area contributed by atoms with Gasteiger partial charge in [-0.25, -0.2) is 4.79 Å². The average molecular weight is 174 g/mol. The number of primary amides is 1. The van der Waals surface area contributed by atoms with Crippen LogP contribution in [0.2, 0.25) is 0 Å². The lowest BCUT2D eigenvalue weighted by atomic mass is 10.3. The first kappa shape index (κ1) is 9.28. The SMILES string of the molecule is NC(=O)N1CC[NH+](CCO)CC1. The standard InChI is InChI=1S/C7H15N3O2/c8-7(12)10-3-1-9(2-4-10)5-6-11/h11H,1-6H2,(H2,8,12)/p+1. The van der Waals surface area contributed by atoms with Gasteiger partial charge in [0.2, 0.25) is 0 Å². The summed E-state index contributed by atoms with van der Waals surface area (Å²) < 4.78 is 0. The summed E-state index contributed by atoms with van der Waals surface area (Å²) in [6, 6.07) is -0.335. The lowest BCUT2D eigenvalue weighted by Gasteiger charge is -2.30. The highest BCUT2D eigenvalue weighted by Gasteiger charge is 2.20. The summed E-state index contributed by atoms with van der Waals surface area (Å²) in [5, 5.41) is 8.67. The van der Waals surface area contributed by atoms with E-state index in [4.69, 9.17) is 10.8 Å². The number of carbonyl (C=O) groups is 1. The van der Waals surface area contributed by atoms with Crippen LogP contribution in [0.4, 0.5) is 4.79 Å². The minimum atomic E-state index is -0.335. The van der Waals surface area contributed by atoms with Gasteiger partial charge in [-0.2, -0.15) is 0 Å². The van der Waals surface area contributed by atoms with Crippen LogP contribution in [0.15, 0.2) is 0 Å². The molecule has 2 amide bonds. The Kier molecular flexibility index (Phi) is 3.31. The summed E-state index contributed by atoms with van der Waals surface area (Å²) in [7, 11) is 0. The normalized spacial score (nSPS) is 19.6. The number of nitrogens with one attached hydrogen (secondary N) is 1. The second-order valence-electron chi connectivity index (χ2n) is 3.05. The largest absolute Gasteiger partial charge is 0.391 e. The number of aliphatic hydroxyl groups excluding tert-OH is 1. The molecule has 5 nitrogen and oxygen atoms in total. The molecule has 5 heteroatoms. The minimum Gasteiger partial charge on any atom is -0.391 e. The molecule has 1 heterocycles. The van der Waals surface area contributed by atoms with Crippen molar-refractivity contribution in [2.45, 2.75) is 0 Å². The second kappa shape index (κ2) is 4.27. The number of quaternary nitrogens is 1.